The lowest BCUT2D eigenvalue weighted by Crippen LogP contribution is -2.55. The third kappa shape index (κ3) is 3.98. The molecule has 1 aliphatic carbocycles. The fraction of sp³-hybridized carbons (Fsp3) is 0.556. The van der Waals surface area contributed by atoms with Crippen molar-refractivity contribution in [2.24, 2.45) is 11.8 Å². The van der Waals surface area contributed by atoms with Gasteiger partial charge < -0.3 is 10.4 Å². The molecule has 2 atom stereocenters. The van der Waals surface area contributed by atoms with E-state index in [-0.39, 0.29) is 36.2 Å². The third-order valence-electron chi connectivity index (χ3n) is 4.97. The number of nitrogens with zero attached hydrogens (tertiary/aromatic N) is 1. The lowest BCUT2D eigenvalue weighted by molar-refractivity contribution is -0.139. The van der Waals surface area contributed by atoms with Crippen LogP contribution in [0.15, 0.2) is 30.3 Å². The fourth-order valence-electron chi connectivity index (χ4n) is 3.41. The molecule has 0 radical (unpaired) electrons. The van der Waals surface area contributed by atoms with Crippen molar-refractivity contribution in [3.63, 3.8) is 0 Å². The molecule has 1 saturated heterocycles. The number of aliphatic hydroxyl groups is 1. The highest BCUT2D eigenvalue weighted by molar-refractivity contribution is 5.96. The van der Waals surface area contributed by atoms with Crippen LogP contribution in [0.5, 0.6) is 0 Å². The number of piperidine rings is 1. The summed E-state index contributed by atoms with van der Waals surface area (Å²) in [5.41, 5.74) is 1.25. The molecule has 1 aromatic carbocycles. The summed E-state index contributed by atoms with van der Waals surface area (Å²) in [6, 6.07) is 10.2. The second-order valence-corrected chi connectivity index (χ2v) is 6.71. The third-order valence-corrected chi connectivity index (χ3v) is 4.97. The zero-order valence-corrected chi connectivity index (χ0v) is 13.3. The molecule has 1 heterocycles. The van der Waals surface area contributed by atoms with Crippen molar-refractivity contribution in [1.29, 1.82) is 0 Å². The largest absolute Gasteiger partial charge is 0.396 e. The maximum atomic E-state index is 12.2. The predicted molar refractivity (Wildman–Crippen MR) is 86.6 cm³/mol. The van der Waals surface area contributed by atoms with E-state index in [2.05, 4.69) is 22.3 Å². The predicted octanol–water partition coefficient (Wildman–Crippen LogP) is 0.965. The number of benzene rings is 1. The molecule has 0 aromatic heterocycles. The number of amides is 1. The fourth-order valence-corrected chi connectivity index (χ4v) is 3.41. The van der Waals surface area contributed by atoms with E-state index in [1.54, 1.807) is 0 Å². The van der Waals surface area contributed by atoms with Gasteiger partial charge in [-0.15, -0.1) is 0 Å². The number of likely N-dealkylation sites (tertiary alicyclic amines) is 1. The Bertz CT molecular complexity index is 553. The first-order valence-electron chi connectivity index (χ1n) is 8.35. The first-order valence-corrected chi connectivity index (χ1v) is 8.35. The van der Waals surface area contributed by atoms with E-state index in [4.69, 9.17) is 0 Å². The number of Topliss-reactive ketones (excluding diaryl/α,β-unsaturated/α-hetero) is 1. The molecule has 5 nitrogen and oxygen atoms in total. The second kappa shape index (κ2) is 7.23. The molecule has 23 heavy (non-hydrogen) atoms. The lowest BCUT2D eigenvalue weighted by Gasteiger charge is -2.39. The van der Waals surface area contributed by atoms with E-state index in [0.717, 1.165) is 26.1 Å². The molecular weight excluding hydrogens is 292 g/mol. The number of hydrogen-bond acceptors (Lipinski definition) is 4. The van der Waals surface area contributed by atoms with Crippen LogP contribution in [0.2, 0.25) is 0 Å². The van der Waals surface area contributed by atoms with Gasteiger partial charge in [-0.25, -0.2) is 0 Å². The number of carbonyl (C=O) groups is 2. The van der Waals surface area contributed by atoms with Crippen molar-refractivity contribution in [3.8, 4) is 0 Å². The molecule has 1 saturated carbocycles. The number of nitrogens with one attached hydrogen (secondary N) is 1. The van der Waals surface area contributed by atoms with Crippen LogP contribution in [-0.4, -0.2) is 47.4 Å². The minimum Gasteiger partial charge on any atom is -0.396 e. The number of hydrogen-bond donors (Lipinski definition) is 2. The molecule has 0 spiro atoms. The van der Waals surface area contributed by atoms with Gasteiger partial charge in [-0.2, -0.15) is 0 Å². The van der Waals surface area contributed by atoms with Gasteiger partial charge in [0.05, 0.1) is 5.92 Å². The molecule has 2 unspecified atom stereocenters. The first-order chi connectivity index (χ1) is 11.2. The molecule has 5 heteroatoms. The Morgan fingerprint density at radius 3 is 2.65 bits per heavy atom. The Hall–Kier alpha value is -1.72. The zero-order chi connectivity index (χ0) is 16.2. The smallest absolute Gasteiger partial charge is 0.224 e. The highest BCUT2D eigenvalue weighted by atomic mass is 16.3. The van der Waals surface area contributed by atoms with Gasteiger partial charge in [-0.1, -0.05) is 30.3 Å². The van der Waals surface area contributed by atoms with Crippen LogP contribution in [0.25, 0.3) is 0 Å². The van der Waals surface area contributed by atoms with Crippen LogP contribution in [0.3, 0.4) is 0 Å². The van der Waals surface area contributed by atoms with Crippen molar-refractivity contribution < 1.29 is 14.7 Å². The van der Waals surface area contributed by atoms with E-state index < -0.39 is 0 Å². The van der Waals surface area contributed by atoms with Crippen LogP contribution in [0.4, 0.5) is 0 Å². The zero-order valence-electron chi connectivity index (χ0n) is 13.3. The molecule has 0 bridgehead atoms. The van der Waals surface area contributed by atoms with Gasteiger partial charge >= 0.3 is 0 Å². The SMILES string of the molecule is O=C1CC(C(=O)NC2CN(Cc3ccccc3)CCC2CO)C1. The van der Waals surface area contributed by atoms with Crippen LogP contribution < -0.4 is 5.32 Å². The summed E-state index contributed by atoms with van der Waals surface area (Å²) in [5, 5.41) is 12.6. The van der Waals surface area contributed by atoms with Gasteiger partial charge in [-0.05, 0) is 18.5 Å². The van der Waals surface area contributed by atoms with Crippen molar-refractivity contribution in [3.05, 3.63) is 35.9 Å². The monoisotopic (exact) mass is 316 g/mol. The summed E-state index contributed by atoms with van der Waals surface area (Å²) in [7, 11) is 0. The Morgan fingerprint density at radius 1 is 1.26 bits per heavy atom. The van der Waals surface area contributed by atoms with Crippen LogP contribution in [0.1, 0.15) is 24.8 Å². The molecule has 2 aliphatic rings. The highest BCUT2D eigenvalue weighted by Gasteiger charge is 2.36. The number of carbonyl (C=O) groups excluding carboxylic acids is 2. The molecule has 1 aromatic rings. The minimum absolute atomic E-state index is 0.0328. The topological polar surface area (TPSA) is 69.6 Å². The highest BCUT2D eigenvalue weighted by Crippen LogP contribution is 2.25. The molecule has 1 amide bonds. The molecule has 2 N–H and O–H groups in total. The lowest BCUT2D eigenvalue weighted by atomic mass is 9.82. The average Bonchev–Trinajstić information content (AvgIpc) is 2.53. The molecule has 1 aliphatic heterocycles. The molecular formula is C18H24N2O3. The molecule has 2 fully saturated rings. The maximum absolute atomic E-state index is 12.2. The summed E-state index contributed by atoms with van der Waals surface area (Å²) in [6.45, 7) is 2.61. The van der Waals surface area contributed by atoms with Crippen LogP contribution >= 0.6 is 0 Å². The van der Waals surface area contributed by atoms with E-state index in [9.17, 15) is 14.7 Å². The quantitative estimate of drug-likeness (QED) is 0.849. The van der Waals surface area contributed by atoms with Crippen molar-refractivity contribution >= 4 is 11.7 Å². The average molecular weight is 316 g/mol. The van der Waals surface area contributed by atoms with E-state index in [0.29, 0.717) is 12.8 Å². The number of rotatable bonds is 5. The van der Waals surface area contributed by atoms with Gasteiger partial charge in [0.1, 0.15) is 5.78 Å². The second-order valence-electron chi connectivity index (χ2n) is 6.71. The van der Waals surface area contributed by atoms with E-state index in [1.807, 2.05) is 18.2 Å². The van der Waals surface area contributed by atoms with Crippen LogP contribution in [-0.2, 0) is 16.1 Å². The maximum Gasteiger partial charge on any atom is 0.224 e. The first kappa shape index (κ1) is 16.1. The van der Waals surface area contributed by atoms with Gasteiger partial charge in [-0.3, -0.25) is 14.5 Å². The summed E-state index contributed by atoms with van der Waals surface area (Å²) in [4.78, 5) is 25.6. The summed E-state index contributed by atoms with van der Waals surface area (Å²) in [6.07, 6.45) is 1.62. The van der Waals surface area contributed by atoms with Crippen molar-refractivity contribution in [2.45, 2.75) is 31.8 Å². The van der Waals surface area contributed by atoms with Crippen molar-refractivity contribution in [1.82, 2.24) is 10.2 Å². The molecule has 124 valence electrons. The summed E-state index contributed by atoms with van der Waals surface area (Å²) in [5.74, 6) is 0.0703. The normalized spacial score (nSPS) is 25.9. The summed E-state index contributed by atoms with van der Waals surface area (Å²) >= 11 is 0. The minimum atomic E-state index is -0.161. The Balaban J connectivity index is 1.57. The van der Waals surface area contributed by atoms with E-state index >= 15 is 0 Å². The van der Waals surface area contributed by atoms with Gasteiger partial charge in [0.25, 0.3) is 0 Å². The van der Waals surface area contributed by atoms with E-state index in [1.165, 1.54) is 5.56 Å². The molecule has 3 rings (SSSR count). The van der Waals surface area contributed by atoms with Crippen LogP contribution in [0, 0.1) is 11.8 Å². The van der Waals surface area contributed by atoms with Gasteiger partial charge in [0.2, 0.25) is 5.91 Å². The number of ketones is 1. The Morgan fingerprint density at radius 2 is 2.00 bits per heavy atom. The summed E-state index contributed by atoms with van der Waals surface area (Å²) < 4.78 is 0. The number of aliphatic hydroxyl groups excluding tert-OH is 1. The Labute approximate surface area is 136 Å². The van der Waals surface area contributed by atoms with Gasteiger partial charge in [0.15, 0.2) is 0 Å². The van der Waals surface area contributed by atoms with Crippen molar-refractivity contribution in [2.75, 3.05) is 19.7 Å². The Kier molecular flexibility index (Phi) is 5.08. The standard InChI is InChI=1S/C18H24N2O3/c21-12-14-6-7-20(10-13-4-2-1-3-5-13)11-17(14)19-18(23)15-8-16(22)9-15/h1-5,14-15,17,21H,6-12H2,(H,19,23). The van der Waals surface area contributed by atoms with Gasteiger partial charge in [0, 0.05) is 44.5 Å².